The maximum Gasteiger partial charge on any atom is 0.263 e. The summed E-state index contributed by atoms with van der Waals surface area (Å²) < 4.78 is 5.76. The highest BCUT2D eigenvalue weighted by molar-refractivity contribution is 5.81. The zero-order chi connectivity index (χ0) is 19.5. The number of hydrogen-bond acceptors (Lipinski definition) is 4. The van der Waals surface area contributed by atoms with Gasteiger partial charge in [-0.15, -0.1) is 0 Å². The molecule has 142 valence electrons. The van der Waals surface area contributed by atoms with E-state index >= 15 is 0 Å². The first-order valence-electron chi connectivity index (χ1n) is 9.54. The monoisotopic (exact) mass is 374 g/mol. The summed E-state index contributed by atoms with van der Waals surface area (Å²) >= 11 is 0. The molecule has 0 spiro atoms. The Hall–Kier alpha value is -3.33. The summed E-state index contributed by atoms with van der Waals surface area (Å²) in [6.07, 6.45) is 1.21. The summed E-state index contributed by atoms with van der Waals surface area (Å²) in [6, 6.07) is 16.9. The fraction of sp³-hybridized carbons (Fsp3) is 0.318. The van der Waals surface area contributed by atoms with Gasteiger partial charge in [0.1, 0.15) is 11.6 Å². The van der Waals surface area contributed by atoms with E-state index in [-0.39, 0.29) is 5.91 Å². The third-order valence-corrected chi connectivity index (χ3v) is 5.25. The van der Waals surface area contributed by atoms with E-state index in [9.17, 15) is 4.79 Å². The molecule has 2 heterocycles. The van der Waals surface area contributed by atoms with E-state index in [1.54, 1.807) is 31.2 Å². The minimum Gasteiger partial charge on any atom is -0.481 e. The molecule has 1 unspecified atom stereocenters. The van der Waals surface area contributed by atoms with Crippen LogP contribution in [0.15, 0.2) is 48.5 Å². The van der Waals surface area contributed by atoms with Gasteiger partial charge in [0.15, 0.2) is 6.10 Å². The van der Waals surface area contributed by atoms with Crippen LogP contribution < -0.4 is 4.74 Å². The molecule has 4 rings (SSSR count). The zero-order valence-corrected chi connectivity index (χ0v) is 15.8. The average Bonchev–Trinajstić information content (AvgIpc) is 3.18. The van der Waals surface area contributed by atoms with E-state index in [1.165, 1.54) is 0 Å². The van der Waals surface area contributed by atoms with Gasteiger partial charge in [0.2, 0.25) is 0 Å². The van der Waals surface area contributed by atoms with Crippen molar-refractivity contribution in [1.82, 2.24) is 14.9 Å². The van der Waals surface area contributed by atoms with E-state index in [0.717, 1.165) is 29.7 Å². The number of carbonyl (C=O) groups excluding carboxylic acids is 1. The number of nitriles is 1. The van der Waals surface area contributed by atoms with E-state index < -0.39 is 6.10 Å². The second-order valence-electron chi connectivity index (χ2n) is 7.14. The number of likely N-dealkylation sites (tertiary alicyclic amines) is 1. The van der Waals surface area contributed by atoms with Crippen molar-refractivity contribution in [3.8, 4) is 11.8 Å². The molecule has 1 saturated heterocycles. The van der Waals surface area contributed by atoms with Crippen LogP contribution in [0.5, 0.6) is 5.75 Å². The van der Waals surface area contributed by atoms with E-state index in [4.69, 9.17) is 15.0 Å². The predicted octanol–water partition coefficient (Wildman–Crippen LogP) is 3.61. The van der Waals surface area contributed by atoms with Crippen LogP contribution in [-0.4, -0.2) is 40.0 Å². The molecule has 3 aromatic rings. The van der Waals surface area contributed by atoms with Gasteiger partial charge in [-0.3, -0.25) is 4.79 Å². The molecule has 1 aromatic heterocycles. The highest BCUT2D eigenvalue weighted by Gasteiger charge is 2.29. The Morgan fingerprint density at radius 2 is 1.93 bits per heavy atom. The molecule has 1 aliphatic rings. The molecule has 28 heavy (non-hydrogen) atoms. The predicted molar refractivity (Wildman–Crippen MR) is 106 cm³/mol. The molecule has 6 heteroatoms. The number of ether oxygens (including phenoxy) is 1. The largest absolute Gasteiger partial charge is 0.481 e. The normalized spacial score (nSPS) is 15.9. The van der Waals surface area contributed by atoms with Crippen molar-refractivity contribution in [1.29, 1.82) is 5.26 Å². The lowest BCUT2D eigenvalue weighted by Gasteiger charge is -2.32. The molecule has 1 atom stereocenters. The maximum absolute atomic E-state index is 12.7. The Kier molecular flexibility index (Phi) is 4.98. The Morgan fingerprint density at radius 1 is 1.21 bits per heavy atom. The van der Waals surface area contributed by atoms with Crippen LogP contribution in [0.2, 0.25) is 0 Å². The first-order chi connectivity index (χ1) is 13.6. The van der Waals surface area contributed by atoms with E-state index in [0.29, 0.717) is 30.3 Å². The summed E-state index contributed by atoms with van der Waals surface area (Å²) in [5, 5.41) is 8.86. The molecule has 1 fully saturated rings. The zero-order valence-electron chi connectivity index (χ0n) is 15.8. The summed E-state index contributed by atoms with van der Waals surface area (Å²) in [6.45, 7) is 3.16. The summed E-state index contributed by atoms with van der Waals surface area (Å²) in [5.74, 6) is 1.94. The fourth-order valence-electron chi connectivity index (χ4n) is 3.66. The molecule has 0 aliphatic carbocycles. The Labute approximate surface area is 163 Å². The maximum atomic E-state index is 12.7. The van der Waals surface area contributed by atoms with Gasteiger partial charge in [0, 0.05) is 19.0 Å². The third kappa shape index (κ3) is 3.70. The number of imidazole rings is 1. The molecule has 2 aromatic carbocycles. The second kappa shape index (κ2) is 7.73. The lowest BCUT2D eigenvalue weighted by molar-refractivity contribution is -0.139. The number of nitrogens with zero attached hydrogens (tertiary/aromatic N) is 3. The summed E-state index contributed by atoms with van der Waals surface area (Å²) in [5.41, 5.74) is 2.61. The number of rotatable bonds is 4. The number of nitrogens with one attached hydrogen (secondary N) is 1. The van der Waals surface area contributed by atoms with Crippen molar-refractivity contribution < 1.29 is 9.53 Å². The number of benzene rings is 2. The van der Waals surface area contributed by atoms with Crippen LogP contribution in [0.25, 0.3) is 11.0 Å². The molecule has 1 amide bonds. The van der Waals surface area contributed by atoms with Crippen molar-refractivity contribution in [3.63, 3.8) is 0 Å². The SMILES string of the molecule is CC(Oc1ccc(C#N)cc1)C(=O)N1CCC(c2nc3ccccc3[nH]2)CC1. The molecular weight excluding hydrogens is 352 g/mol. The number of H-pyrrole nitrogens is 1. The molecule has 1 aliphatic heterocycles. The van der Waals surface area contributed by atoms with Crippen LogP contribution >= 0.6 is 0 Å². The number of aromatic amines is 1. The Balaban J connectivity index is 1.34. The van der Waals surface area contributed by atoms with Crippen LogP contribution in [0, 0.1) is 11.3 Å². The van der Waals surface area contributed by atoms with Gasteiger partial charge in [-0.25, -0.2) is 4.98 Å². The van der Waals surface area contributed by atoms with Crippen molar-refractivity contribution in [3.05, 3.63) is 59.9 Å². The second-order valence-corrected chi connectivity index (χ2v) is 7.14. The molecule has 1 N–H and O–H groups in total. The molecular formula is C22H22N4O2. The Morgan fingerprint density at radius 3 is 2.61 bits per heavy atom. The quantitative estimate of drug-likeness (QED) is 0.756. The van der Waals surface area contributed by atoms with Gasteiger partial charge >= 0.3 is 0 Å². The third-order valence-electron chi connectivity index (χ3n) is 5.25. The molecule has 0 saturated carbocycles. The van der Waals surface area contributed by atoms with Crippen molar-refractivity contribution in [2.45, 2.75) is 31.8 Å². The number of carbonyl (C=O) groups is 1. The topological polar surface area (TPSA) is 82.0 Å². The van der Waals surface area contributed by atoms with Gasteiger partial charge in [0.05, 0.1) is 22.7 Å². The van der Waals surface area contributed by atoms with Gasteiger partial charge in [-0.1, -0.05) is 12.1 Å². The van der Waals surface area contributed by atoms with Crippen molar-refractivity contribution in [2.75, 3.05) is 13.1 Å². The van der Waals surface area contributed by atoms with Crippen molar-refractivity contribution in [2.24, 2.45) is 0 Å². The van der Waals surface area contributed by atoms with Gasteiger partial charge in [-0.05, 0) is 56.2 Å². The number of aromatic nitrogens is 2. The van der Waals surface area contributed by atoms with E-state index in [1.807, 2.05) is 29.2 Å². The summed E-state index contributed by atoms with van der Waals surface area (Å²) in [7, 11) is 0. The first kappa shape index (κ1) is 18.1. The Bertz CT molecular complexity index is 978. The molecule has 0 radical (unpaired) electrons. The van der Waals surface area contributed by atoms with E-state index in [2.05, 4.69) is 11.1 Å². The standard InChI is InChI=1S/C22H22N4O2/c1-15(28-18-8-6-16(14-23)7-9-18)22(27)26-12-10-17(11-13-26)21-24-19-4-2-3-5-20(19)25-21/h2-9,15,17H,10-13H2,1H3,(H,24,25). The van der Waals surface area contributed by atoms with Crippen molar-refractivity contribution >= 4 is 16.9 Å². The minimum atomic E-state index is -0.560. The first-order valence-corrected chi connectivity index (χ1v) is 9.54. The lowest BCUT2D eigenvalue weighted by atomic mass is 9.96. The number of fused-ring (bicyclic) bond motifs is 1. The number of amides is 1. The van der Waals surface area contributed by atoms with Gasteiger partial charge < -0.3 is 14.6 Å². The highest BCUT2D eigenvalue weighted by atomic mass is 16.5. The average molecular weight is 374 g/mol. The lowest BCUT2D eigenvalue weighted by Crippen LogP contribution is -2.44. The highest BCUT2D eigenvalue weighted by Crippen LogP contribution is 2.28. The molecule has 0 bridgehead atoms. The number of para-hydroxylation sites is 2. The van der Waals surface area contributed by atoms with Crippen LogP contribution in [-0.2, 0) is 4.79 Å². The van der Waals surface area contributed by atoms with Crippen LogP contribution in [0.3, 0.4) is 0 Å². The smallest absolute Gasteiger partial charge is 0.263 e. The summed E-state index contributed by atoms with van der Waals surface area (Å²) in [4.78, 5) is 22.7. The minimum absolute atomic E-state index is 0.00702. The fourth-order valence-corrected chi connectivity index (χ4v) is 3.66. The van der Waals surface area contributed by atoms with Gasteiger partial charge in [-0.2, -0.15) is 5.26 Å². The van der Waals surface area contributed by atoms with Crippen LogP contribution in [0.4, 0.5) is 0 Å². The molecule has 6 nitrogen and oxygen atoms in total. The van der Waals surface area contributed by atoms with Crippen LogP contribution in [0.1, 0.15) is 37.1 Å². The number of hydrogen-bond donors (Lipinski definition) is 1. The van der Waals surface area contributed by atoms with Gasteiger partial charge in [0.25, 0.3) is 5.91 Å². The number of piperidine rings is 1.